The minimum atomic E-state index is -0.121. The lowest BCUT2D eigenvalue weighted by molar-refractivity contribution is -0.121. The second-order valence-corrected chi connectivity index (χ2v) is 8.61. The number of amides is 1. The molecule has 7 nitrogen and oxygen atoms in total. The third-order valence-corrected chi connectivity index (χ3v) is 5.87. The molecular formula is C25H29N3O4. The summed E-state index contributed by atoms with van der Waals surface area (Å²) >= 11 is 0. The summed E-state index contributed by atoms with van der Waals surface area (Å²) in [5.41, 5.74) is 2.70. The van der Waals surface area contributed by atoms with E-state index in [1.54, 1.807) is 20.3 Å². The number of hydrogen-bond donors (Lipinski definition) is 1. The van der Waals surface area contributed by atoms with Gasteiger partial charge in [0.15, 0.2) is 11.5 Å². The van der Waals surface area contributed by atoms with E-state index in [0.29, 0.717) is 29.1 Å². The average Bonchev–Trinajstić information content (AvgIpc) is 3.16. The van der Waals surface area contributed by atoms with E-state index >= 15 is 0 Å². The second kappa shape index (κ2) is 9.02. The maximum Gasteiger partial charge on any atom is 0.274 e. The molecule has 1 N–H and O–H groups in total. The molecule has 1 atom stereocenters. The first kappa shape index (κ1) is 21.9. The number of carbonyl (C=O) groups excluding carboxylic acids is 1. The van der Waals surface area contributed by atoms with Gasteiger partial charge in [0.2, 0.25) is 5.91 Å². The van der Waals surface area contributed by atoms with Crippen LogP contribution in [0.3, 0.4) is 0 Å². The zero-order chi connectivity index (χ0) is 22.8. The molecule has 0 saturated heterocycles. The topological polar surface area (TPSA) is 82.4 Å². The van der Waals surface area contributed by atoms with Crippen LogP contribution in [0.4, 0.5) is 0 Å². The van der Waals surface area contributed by atoms with E-state index in [1.165, 1.54) is 4.68 Å². The lowest BCUT2D eigenvalue weighted by atomic mass is 10.1. The smallest absolute Gasteiger partial charge is 0.274 e. The number of rotatable bonds is 7. The molecule has 0 radical (unpaired) electrons. The van der Waals surface area contributed by atoms with Gasteiger partial charge in [0.05, 0.1) is 37.8 Å². The molecule has 3 aromatic rings. The SMILES string of the molecule is COc1cc2c(cc1OC)[C@H](NC(=O)Cc1nn(CC(C)C)c(=O)c3ccccc13)CC2. The van der Waals surface area contributed by atoms with Crippen molar-refractivity contribution in [3.63, 3.8) is 0 Å². The predicted molar refractivity (Wildman–Crippen MR) is 123 cm³/mol. The van der Waals surface area contributed by atoms with Gasteiger partial charge in [-0.15, -0.1) is 0 Å². The highest BCUT2D eigenvalue weighted by molar-refractivity contribution is 5.88. The number of methoxy groups -OCH3 is 2. The van der Waals surface area contributed by atoms with Crippen LogP contribution in [-0.2, 0) is 24.2 Å². The molecule has 1 aromatic heterocycles. The number of nitrogens with zero attached hydrogens (tertiary/aromatic N) is 2. The van der Waals surface area contributed by atoms with Crippen molar-refractivity contribution in [2.45, 2.75) is 45.7 Å². The molecule has 1 amide bonds. The molecule has 0 bridgehead atoms. The third kappa shape index (κ3) is 4.20. The predicted octanol–water partition coefficient (Wildman–Crippen LogP) is 3.42. The molecule has 7 heteroatoms. The Labute approximate surface area is 187 Å². The van der Waals surface area contributed by atoms with E-state index in [4.69, 9.17) is 9.47 Å². The molecule has 1 heterocycles. The second-order valence-electron chi connectivity index (χ2n) is 8.61. The molecule has 32 heavy (non-hydrogen) atoms. The van der Waals surface area contributed by atoms with E-state index in [0.717, 1.165) is 29.4 Å². The molecule has 168 valence electrons. The van der Waals surface area contributed by atoms with Gasteiger partial charge in [0, 0.05) is 11.9 Å². The van der Waals surface area contributed by atoms with Gasteiger partial charge < -0.3 is 14.8 Å². The molecule has 0 aliphatic heterocycles. The molecule has 2 aromatic carbocycles. The fraction of sp³-hybridized carbons (Fsp3) is 0.400. The minimum absolute atomic E-state index is 0.0925. The quantitative estimate of drug-likeness (QED) is 0.615. The number of benzene rings is 2. The van der Waals surface area contributed by atoms with Gasteiger partial charge in [-0.1, -0.05) is 32.0 Å². The number of nitrogens with one attached hydrogen (secondary N) is 1. The van der Waals surface area contributed by atoms with Crippen LogP contribution in [0.25, 0.3) is 10.8 Å². The van der Waals surface area contributed by atoms with Gasteiger partial charge in [-0.25, -0.2) is 4.68 Å². The lowest BCUT2D eigenvalue weighted by Gasteiger charge is -2.17. The fourth-order valence-electron chi connectivity index (χ4n) is 4.39. The third-order valence-electron chi connectivity index (χ3n) is 5.87. The maximum absolute atomic E-state index is 13.0. The van der Waals surface area contributed by atoms with Gasteiger partial charge >= 0.3 is 0 Å². The zero-order valence-electron chi connectivity index (χ0n) is 19.0. The van der Waals surface area contributed by atoms with Gasteiger partial charge in [-0.3, -0.25) is 9.59 Å². The van der Waals surface area contributed by atoms with E-state index < -0.39 is 0 Å². The van der Waals surface area contributed by atoms with Crippen LogP contribution in [0.15, 0.2) is 41.2 Å². The number of aromatic nitrogens is 2. The van der Waals surface area contributed by atoms with Crippen molar-refractivity contribution in [1.82, 2.24) is 15.1 Å². The molecule has 0 fully saturated rings. The van der Waals surface area contributed by atoms with E-state index in [1.807, 2.05) is 44.2 Å². The largest absolute Gasteiger partial charge is 0.493 e. The van der Waals surface area contributed by atoms with E-state index in [-0.39, 0.29) is 29.8 Å². The summed E-state index contributed by atoms with van der Waals surface area (Å²) in [5, 5.41) is 9.02. The number of aryl methyl sites for hydroxylation is 1. The molecule has 1 aliphatic rings. The first-order chi connectivity index (χ1) is 15.4. The number of fused-ring (bicyclic) bond motifs is 2. The van der Waals surface area contributed by atoms with Crippen LogP contribution < -0.4 is 20.3 Å². The van der Waals surface area contributed by atoms with E-state index in [2.05, 4.69) is 10.4 Å². The summed E-state index contributed by atoms with van der Waals surface area (Å²) in [7, 11) is 3.23. The molecule has 4 rings (SSSR count). The summed E-state index contributed by atoms with van der Waals surface area (Å²) in [6.45, 7) is 4.59. The van der Waals surface area contributed by atoms with Crippen molar-refractivity contribution in [3.8, 4) is 11.5 Å². The van der Waals surface area contributed by atoms with Crippen molar-refractivity contribution < 1.29 is 14.3 Å². The van der Waals surface area contributed by atoms with Crippen molar-refractivity contribution in [1.29, 1.82) is 0 Å². The van der Waals surface area contributed by atoms with Crippen LogP contribution in [0.5, 0.6) is 11.5 Å². The van der Waals surface area contributed by atoms with Crippen molar-refractivity contribution in [3.05, 3.63) is 63.6 Å². The van der Waals surface area contributed by atoms with Crippen molar-refractivity contribution in [2.24, 2.45) is 5.92 Å². The standard InChI is InChI=1S/C25H29N3O4/c1-15(2)14-28-25(30)18-8-6-5-7-17(18)21(27-28)13-24(29)26-20-10-9-16-11-22(31-3)23(32-4)12-19(16)20/h5-8,11-12,15,20H,9-10,13-14H2,1-4H3,(H,26,29)/t20-/m1/s1. The van der Waals surface area contributed by atoms with Crippen LogP contribution in [-0.4, -0.2) is 29.9 Å². The molecular weight excluding hydrogens is 406 g/mol. The van der Waals surface area contributed by atoms with Gasteiger partial charge in [-0.2, -0.15) is 5.10 Å². The Morgan fingerprint density at radius 1 is 1.16 bits per heavy atom. The lowest BCUT2D eigenvalue weighted by Crippen LogP contribution is -2.31. The Bertz CT molecular complexity index is 1220. The molecule has 0 saturated carbocycles. The van der Waals surface area contributed by atoms with Crippen LogP contribution >= 0.6 is 0 Å². The Balaban J connectivity index is 1.60. The average molecular weight is 436 g/mol. The Morgan fingerprint density at radius 2 is 1.84 bits per heavy atom. The molecule has 0 spiro atoms. The zero-order valence-corrected chi connectivity index (χ0v) is 19.0. The Kier molecular flexibility index (Phi) is 6.17. The summed E-state index contributed by atoms with van der Waals surface area (Å²) < 4.78 is 12.3. The highest BCUT2D eigenvalue weighted by Gasteiger charge is 2.27. The van der Waals surface area contributed by atoms with E-state index in [9.17, 15) is 9.59 Å². The van der Waals surface area contributed by atoms with Crippen LogP contribution in [0, 0.1) is 5.92 Å². The van der Waals surface area contributed by atoms with Gasteiger partial charge in [-0.05, 0) is 48.1 Å². The van der Waals surface area contributed by atoms with Crippen LogP contribution in [0.2, 0.25) is 0 Å². The minimum Gasteiger partial charge on any atom is -0.493 e. The highest BCUT2D eigenvalue weighted by Crippen LogP contribution is 2.39. The van der Waals surface area contributed by atoms with Crippen molar-refractivity contribution in [2.75, 3.05) is 14.2 Å². The van der Waals surface area contributed by atoms with Gasteiger partial charge in [0.25, 0.3) is 5.56 Å². The maximum atomic E-state index is 13.0. The highest BCUT2D eigenvalue weighted by atomic mass is 16.5. The van der Waals surface area contributed by atoms with Gasteiger partial charge in [0.1, 0.15) is 0 Å². The number of hydrogen-bond acceptors (Lipinski definition) is 5. The monoisotopic (exact) mass is 435 g/mol. The summed E-state index contributed by atoms with van der Waals surface area (Å²) in [5.74, 6) is 1.50. The Morgan fingerprint density at radius 3 is 2.53 bits per heavy atom. The molecule has 0 unspecified atom stereocenters. The summed E-state index contributed by atoms with van der Waals surface area (Å²) in [4.78, 5) is 25.8. The fourth-order valence-corrected chi connectivity index (χ4v) is 4.39. The summed E-state index contributed by atoms with van der Waals surface area (Å²) in [6, 6.07) is 11.2. The first-order valence-electron chi connectivity index (χ1n) is 10.9. The normalized spacial score (nSPS) is 15.1. The van der Waals surface area contributed by atoms with Crippen molar-refractivity contribution >= 4 is 16.7 Å². The molecule has 1 aliphatic carbocycles. The van der Waals surface area contributed by atoms with Crippen LogP contribution in [0.1, 0.15) is 43.1 Å². The Hall–Kier alpha value is -3.35. The first-order valence-corrected chi connectivity index (χ1v) is 10.9. The number of ether oxygens (including phenoxy) is 2. The summed E-state index contributed by atoms with van der Waals surface area (Å²) in [6.07, 6.45) is 1.79. The number of carbonyl (C=O) groups is 1.